The van der Waals surface area contributed by atoms with E-state index >= 15 is 0 Å². The van der Waals surface area contributed by atoms with Crippen LogP contribution in [0.4, 0.5) is 4.79 Å². The van der Waals surface area contributed by atoms with E-state index in [0.717, 1.165) is 3.57 Å². The Labute approximate surface area is 161 Å². The second kappa shape index (κ2) is 8.16. The fourth-order valence-electron chi connectivity index (χ4n) is 2.50. The number of rotatable bonds is 4. The van der Waals surface area contributed by atoms with Crippen molar-refractivity contribution in [1.82, 2.24) is 4.90 Å². The van der Waals surface area contributed by atoms with Crippen molar-refractivity contribution in [2.75, 3.05) is 13.2 Å². The minimum Gasteiger partial charge on any atom is -0.456 e. The molecule has 0 unspecified atom stereocenters. The topological polar surface area (TPSA) is 72.9 Å². The number of nitrogens with zero attached hydrogens (tertiary/aromatic N) is 1. The molecule has 25 heavy (non-hydrogen) atoms. The van der Waals surface area contributed by atoms with E-state index in [1.54, 1.807) is 32.9 Å². The summed E-state index contributed by atoms with van der Waals surface area (Å²) in [6, 6.07) is 6.33. The van der Waals surface area contributed by atoms with Crippen LogP contribution in [0.3, 0.4) is 0 Å². The van der Waals surface area contributed by atoms with Crippen molar-refractivity contribution >= 4 is 40.4 Å². The Morgan fingerprint density at radius 2 is 1.84 bits per heavy atom. The summed E-state index contributed by atoms with van der Waals surface area (Å²) in [4.78, 5) is 38.0. The lowest BCUT2D eigenvalue weighted by Crippen LogP contribution is -2.44. The highest BCUT2D eigenvalue weighted by atomic mass is 127. The molecule has 0 saturated carbocycles. The third kappa shape index (κ3) is 5.69. The number of hydrogen-bond acceptors (Lipinski definition) is 5. The number of carbonyl (C=O) groups is 3. The normalized spacial score (nSPS) is 17.3. The minimum atomic E-state index is -0.695. The van der Waals surface area contributed by atoms with E-state index in [9.17, 15) is 14.4 Å². The van der Waals surface area contributed by atoms with E-state index in [1.807, 2.05) is 12.1 Å². The molecule has 0 aromatic heterocycles. The molecule has 1 aliphatic heterocycles. The molecule has 1 aliphatic rings. The van der Waals surface area contributed by atoms with Crippen molar-refractivity contribution in [1.29, 1.82) is 0 Å². The van der Waals surface area contributed by atoms with Gasteiger partial charge in [0.1, 0.15) is 11.6 Å². The van der Waals surface area contributed by atoms with Crippen LogP contribution in [-0.2, 0) is 14.3 Å². The zero-order valence-corrected chi connectivity index (χ0v) is 16.7. The first-order valence-corrected chi connectivity index (χ1v) is 9.20. The quantitative estimate of drug-likeness (QED) is 0.392. The maximum Gasteiger partial charge on any atom is 0.411 e. The number of halogens is 1. The Morgan fingerprint density at radius 1 is 1.20 bits per heavy atom. The fourth-order valence-corrected chi connectivity index (χ4v) is 2.86. The van der Waals surface area contributed by atoms with Gasteiger partial charge < -0.3 is 9.47 Å². The standard InChI is InChI=1S/C18H22INO5/c1-18(2,3)25-17(23)20-10-4-5-14(20)16(22)24-11-15(21)12-6-8-13(19)9-7-12/h6-9,14H,4-5,10-11H2,1-3H3/t14-/m0/s1. The third-order valence-electron chi connectivity index (χ3n) is 3.66. The van der Waals surface area contributed by atoms with Gasteiger partial charge in [-0.2, -0.15) is 0 Å². The van der Waals surface area contributed by atoms with Crippen LogP contribution in [-0.4, -0.2) is 47.5 Å². The van der Waals surface area contributed by atoms with Crippen LogP contribution < -0.4 is 0 Å². The predicted octanol–water partition coefficient (Wildman–Crippen LogP) is 3.42. The second-order valence-electron chi connectivity index (χ2n) is 6.87. The third-order valence-corrected chi connectivity index (χ3v) is 4.38. The van der Waals surface area contributed by atoms with Gasteiger partial charge in [0, 0.05) is 15.7 Å². The smallest absolute Gasteiger partial charge is 0.411 e. The zero-order valence-electron chi connectivity index (χ0n) is 14.6. The predicted molar refractivity (Wildman–Crippen MR) is 100 cm³/mol. The first-order chi connectivity index (χ1) is 11.7. The summed E-state index contributed by atoms with van der Waals surface area (Å²) >= 11 is 2.15. The van der Waals surface area contributed by atoms with E-state index in [1.165, 1.54) is 4.90 Å². The number of amides is 1. The largest absolute Gasteiger partial charge is 0.456 e. The van der Waals surface area contributed by atoms with Crippen molar-refractivity contribution in [2.45, 2.75) is 45.3 Å². The monoisotopic (exact) mass is 459 g/mol. The van der Waals surface area contributed by atoms with Gasteiger partial charge in [-0.15, -0.1) is 0 Å². The molecule has 136 valence electrons. The second-order valence-corrected chi connectivity index (χ2v) is 8.12. The lowest BCUT2D eigenvalue weighted by Gasteiger charge is -2.27. The Hall–Kier alpha value is -1.64. The summed E-state index contributed by atoms with van der Waals surface area (Å²) in [7, 11) is 0. The number of hydrogen-bond donors (Lipinski definition) is 0. The molecule has 7 heteroatoms. The van der Waals surface area contributed by atoms with Gasteiger partial charge in [0.05, 0.1) is 0 Å². The molecule has 1 fully saturated rings. The van der Waals surface area contributed by atoms with Gasteiger partial charge in [-0.3, -0.25) is 9.69 Å². The number of Topliss-reactive ketones (excluding diaryl/α,β-unsaturated/α-hetero) is 1. The molecule has 6 nitrogen and oxygen atoms in total. The molecule has 2 rings (SSSR count). The fraction of sp³-hybridized carbons (Fsp3) is 0.500. The van der Waals surface area contributed by atoms with Crippen LogP contribution in [0.2, 0.25) is 0 Å². The highest BCUT2D eigenvalue weighted by Crippen LogP contribution is 2.22. The van der Waals surface area contributed by atoms with Crippen LogP contribution in [0.25, 0.3) is 0 Å². The zero-order chi connectivity index (χ0) is 18.6. The van der Waals surface area contributed by atoms with Crippen LogP contribution in [0, 0.1) is 3.57 Å². The van der Waals surface area contributed by atoms with Gasteiger partial charge in [0.15, 0.2) is 12.4 Å². The van der Waals surface area contributed by atoms with Crippen molar-refractivity contribution in [3.63, 3.8) is 0 Å². The average Bonchev–Trinajstić information content (AvgIpc) is 3.01. The molecule has 1 heterocycles. The molecule has 1 atom stereocenters. The van der Waals surface area contributed by atoms with Crippen molar-refractivity contribution in [3.05, 3.63) is 33.4 Å². The molecular weight excluding hydrogens is 437 g/mol. The van der Waals surface area contributed by atoms with Gasteiger partial charge in [-0.1, -0.05) is 12.1 Å². The van der Waals surface area contributed by atoms with Crippen molar-refractivity contribution < 1.29 is 23.9 Å². The molecular formula is C18H22INO5. The molecule has 0 bridgehead atoms. The van der Waals surface area contributed by atoms with Crippen LogP contribution >= 0.6 is 22.6 Å². The number of benzene rings is 1. The van der Waals surface area contributed by atoms with Gasteiger partial charge in [0.2, 0.25) is 0 Å². The van der Waals surface area contributed by atoms with E-state index < -0.39 is 23.7 Å². The van der Waals surface area contributed by atoms with Crippen LogP contribution in [0.15, 0.2) is 24.3 Å². The summed E-state index contributed by atoms with van der Waals surface area (Å²) in [5.41, 5.74) is -0.141. The van der Waals surface area contributed by atoms with Crippen LogP contribution in [0.1, 0.15) is 44.0 Å². The Morgan fingerprint density at radius 3 is 2.44 bits per heavy atom. The summed E-state index contributed by atoms with van der Waals surface area (Å²) in [6.45, 7) is 5.42. The number of esters is 1. The number of ketones is 1. The lowest BCUT2D eigenvalue weighted by molar-refractivity contribution is -0.147. The highest BCUT2D eigenvalue weighted by molar-refractivity contribution is 14.1. The maximum absolute atomic E-state index is 12.3. The molecule has 1 aromatic carbocycles. The molecule has 0 radical (unpaired) electrons. The van der Waals surface area contributed by atoms with E-state index in [0.29, 0.717) is 24.9 Å². The minimum absolute atomic E-state index is 0.272. The van der Waals surface area contributed by atoms with E-state index in [-0.39, 0.29) is 12.4 Å². The summed E-state index contributed by atoms with van der Waals surface area (Å²) < 4.78 is 11.5. The number of likely N-dealkylation sites (tertiary alicyclic amines) is 1. The molecule has 0 spiro atoms. The van der Waals surface area contributed by atoms with Gasteiger partial charge in [-0.25, -0.2) is 9.59 Å². The molecule has 1 saturated heterocycles. The average molecular weight is 459 g/mol. The summed E-state index contributed by atoms with van der Waals surface area (Å²) in [5.74, 6) is -0.839. The van der Waals surface area contributed by atoms with Crippen LogP contribution in [0.5, 0.6) is 0 Å². The van der Waals surface area contributed by atoms with E-state index in [2.05, 4.69) is 22.6 Å². The molecule has 0 aliphatic carbocycles. The highest BCUT2D eigenvalue weighted by Gasteiger charge is 2.37. The van der Waals surface area contributed by atoms with Gasteiger partial charge in [0.25, 0.3) is 0 Å². The van der Waals surface area contributed by atoms with Gasteiger partial charge >= 0.3 is 12.1 Å². The molecule has 0 N–H and O–H groups in total. The maximum atomic E-state index is 12.3. The number of carbonyl (C=O) groups excluding carboxylic acids is 3. The Balaban J connectivity index is 1.92. The van der Waals surface area contributed by atoms with Crippen molar-refractivity contribution in [2.24, 2.45) is 0 Å². The lowest BCUT2D eigenvalue weighted by atomic mass is 10.1. The Kier molecular flexibility index (Phi) is 6.42. The number of ether oxygens (including phenoxy) is 2. The summed E-state index contributed by atoms with van der Waals surface area (Å²) in [5, 5.41) is 0. The first-order valence-electron chi connectivity index (χ1n) is 8.12. The van der Waals surface area contributed by atoms with E-state index in [4.69, 9.17) is 9.47 Å². The van der Waals surface area contributed by atoms with Crippen molar-refractivity contribution in [3.8, 4) is 0 Å². The first kappa shape index (κ1) is 19.7. The summed E-state index contributed by atoms with van der Waals surface area (Å²) in [6.07, 6.45) is 0.677. The SMILES string of the molecule is CC(C)(C)OC(=O)N1CCC[C@H]1C(=O)OCC(=O)c1ccc(I)cc1. The molecule has 1 amide bonds. The van der Waals surface area contributed by atoms with Gasteiger partial charge in [-0.05, 0) is 68.3 Å². The Bertz CT molecular complexity index is 650. The molecule has 1 aromatic rings.